The second-order valence-electron chi connectivity index (χ2n) is 9.42. The van der Waals surface area contributed by atoms with Gasteiger partial charge in [-0.3, -0.25) is 9.59 Å². The first-order valence-corrected chi connectivity index (χ1v) is 12.8. The Balaban J connectivity index is 2.47. The summed E-state index contributed by atoms with van der Waals surface area (Å²) in [4.78, 5) is 29.7. The molecular formula is C25H38Cl2N2O6. The Hall–Kier alpha value is -1.42. The highest BCUT2D eigenvalue weighted by Crippen LogP contribution is 2.28. The zero-order valence-corrected chi connectivity index (χ0v) is 22.5. The lowest BCUT2D eigenvalue weighted by molar-refractivity contribution is -0.137. The molecule has 0 aromatic heterocycles. The van der Waals surface area contributed by atoms with Crippen molar-refractivity contribution in [2.45, 2.75) is 64.4 Å². The normalized spacial score (nSPS) is 25.4. The van der Waals surface area contributed by atoms with Crippen LogP contribution in [0.25, 0.3) is 0 Å². The molecule has 2 N–H and O–H groups in total. The predicted molar refractivity (Wildman–Crippen MR) is 136 cm³/mol. The summed E-state index contributed by atoms with van der Waals surface area (Å²) in [6.45, 7) is 6.56. The molecule has 1 aliphatic rings. The van der Waals surface area contributed by atoms with Gasteiger partial charge in [-0.15, -0.1) is 0 Å². The minimum Gasteiger partial charge on any atom is -0.388 e. The van der Waals surface area contributed by atoms with Gasteiger partial charge in [0.1, 0.15) is 18.3 Å². The van der Waals surface area contributed by atoms with E-state index in [1.54, 1.807) is 28.0 Å². The Bertz CT molecular complexity index is 820. The smallest absolute Gasteiger partial charge is 0.257 e. The van der Waals surface area contributed by atoms with Gasteiger partial charge in [0, 0.05) is 46.3 Å². The monoisotopic (exact) mass is 532 g/mol. The number of aliphatic hydroxyl groups is 2. The average Bonchev–Trinajstić information content (AvgIpc) is 2.78. The van der Waals surface area contributed by atoms with Gasteiger partial charge in [0.2, 0.25) is 5.91 Å². The van der Waals surface area contributed by atoms with Crippen molar-refractivity contribution in [2.24, 2.45) is 5.92 Å². The van der Waals surface area contributed by atoms with Crippen molar-refractivity contribution in [3.05, 3.63) is 33.8 Å². The zero-order valence-electron chi connectivity index (χ0n) is 21.0. The molecule has 1 fully saturated rings. The van der Waals surface area contributed by atoms with Crippen LogP contribution in [0.5, 0.6) is 0 Å². The molecule has 0 radical (unpaired) electrons. The van der Waals surface area contributed by atoms with E-state index in [0.717, 1.165) is 0 Å². The molecule has 2 rings (SSSR count). The fraction of sp³-hybridized carbons (Fsp3) is 0.680. The lowest BCUT2D eigenvalue weighted by Crippen LogP contribution is -2.53. The molecule has 2 amide bonds. The maximum absolute atomic E-state index is 13.8. The van der Waals surface area contributed by atoms with Crippen LogP contribution < -0.4 is 0 Å². The van der Waals surface area contributed by atoms with Crippen LogP contribution in [0.15, 0.2) is 18.2 Å². The predicted octanol–water partition coefficient (Wildman–Crippen LogP) is 3.25. The number of ether oxygens (including phenoxy) is 2. The number of amides is 2. The number of nitrogens with zero attached hydrogens (tertiary/aromatic N) is 2. The summed E-state index contributed by atoms with van der Waals surface area (Å²) in [6.07, 6.45) is -1.31. The minimum atomic E-state index is -1.24. The molecule has 4 atom stereocenters. The molecule has 0 unspecified atom stereocenters. The van der Waals surface area contributed by atoms with E-state index >= 15 is 0 Å². The Morgan fingerprint density at radius 3 is 2.40 bits per heavy atom. The molecule has 1 saturated heterocycles. The summed E-state index contributed by atoms with van der Waals surface area (Å²) in [5.74, 6) is -0.283. The number of carbonyl (C=O) groups is 2. The minimum absolute atomic E-state index is 0.0491. The van der Waals surface area contributed by atoms with E-state index in [2.05, 4.69) is 13.8 Å². The summed E-state index contributed by atoms with van der Waals surface area (Å²) >= 11 is 12.8. The first-order chi connectivity index (χ1) is 16.6. The number of hydrogen-bond donors (Lipinski definition) is 2. The van der Waals surface area contributed by atoms with E-state index in [1.807, 2.05) is 0 Å². The van der Waals surface area contributed by atoms with Crippen LogP contribution in [0.4, 0.5) is 0 Å². The van der Waals surface area contributed by atoms with Gasteiger partial charge in [-0.05, 0) is 37.3 Å². The van der Waals surface area contributed by atoms with Crippen LogP contribution in [-0.2, 0) is 14.3 Å². The Kier molecular flexibility index (Phi) is 12.2. The van der Waals surface area contributed by atoms with E-state index in [1.165, 1.54) is 14.0 Å². The first kappa shape index (κ1) is 29.8. The van der Waals surface area contributed by atoms with Crippen LogP contribution in [0.3, 0.4) is 0 Å². The lowest BCUT2D eigenvalue weighted by Gasteiger charge is -2.38. The van der Waals surface area contributed by atoms with Gasteiger partial charge in [-0.25, -0.2) is 0 Å². The third-order valence-corrected chi connectivity index (χ3v) is 6.83. The van der Waals surface area contributed by atoms with Crippen molar-refractivity contribution in [1.29, 1.82) is 0 Å². The molecule has 1 aromatic carbocycles. The van der Waals surface area contributed by atoms with Gasteiger partial charge in [-0.2, -0.15) is 0 Å². The maximum atomic E-state index is 13.8. The van der Waals surface area contributed by atoms with E-state index in [9.17, 15) is 19.8 Å². The van der Waals surface area contributed by atoms with Crippen LogP contribution in [0.1, 0.15) is 50.4 Å². The number of aliphatic hydroxyl groups excluding tert-OH is 2. The maximum Gasteiger partial charge on any atom is 0.257 e. The van der Waals surface area contributed by atoms with E-state index in [4.69, 9.17) is 32.7 Å². The first-order valence-electron chi connectivity index (χ1n) is 12.0. The summed E-state index contributed by atoms with van der Waals surface area (Å²) in [5, 5.41) is 21.5. The summed E-state index contributed by atoms with van der Waals surface area (Å²) in [7, 11) is 1.42. The Labute approximate surface area is 218 Å². The standard InChI is InChI=1S/C25H38Cl2N2O6/c1-16(2)12-18-13-28(17(3)30)14-22(34-4)24(32)21(31)15-35-11-6-5-10-29(18)25(33)23-19(26)8-7-9-20(23)27/h7-9,16,18,21-22,24,31-32H,5-6,10-15H2,1-4H3/t18-,21-,22-,24-/m1/s1. The van der Waals surface area contributed by atoms with Crippen molar-refractivity contribution in [3.63, 3.8) is 0 Å². The summed E-state index contributed by atoms with van der Waals surface area (Å²) in [5.41, 5.74) is 0.240. The van der Waals surface area contributed by atoms with Crippen LogP contribution in [0, 0.1) is 5.92 Å². The van der Waals surface area contributed by atoms with Gasteiger partial charge >= 0.3 is 0 Å². The van der Waals surface area contributed by atoms with Gasteiger partial charge < -0.3 is 29.5 Å². The Morgan fingerprint density at radius 1 is 1.17 bits per heavy atom. The SMILES string of the molecule is CO[C@@H]1CN(C(C)=O)C[C@@H](CC(C)C)N(C(=O)c2c(Cl)cccc2Cl)CCCCOC[C@@H](O)[C@H]1O. The largest absolute Gasteiger partial charge is 0.388 e. The van der Waals surface area contributed by atoms with E-state index < -0.39 is 18.3 Å². The van der Waals surface area contributed by atoms with Crippen LogP contribution in [-0.4, -0.2) is 96.1 Å². The molecule has 1 aliphatic heterocycles. The van der Waals surface area contributed by atoms with Crippen molar-refractivity contribution in [3.8, 4) is 0 Å². The molecule has 1 heterocycles. The highest BCUT2D eigenvalue weighted by atomic mass is 35.5. The van der Waals surface area contributed by atoms with Crippen LogP contribution >= 0.6 is 23.2 Å². The molecular weight excluding hydrogens is 495 g/mol. The third kappa shape index (κ3) is 8.58. The molecule has 0 saturated carbocycles. The van der Waals surface area contributed by atoms with Crippen molar-refractivity contribution < 1.29 is 29.3 Å². The van der Waals surface area contributed by atoms with Gasteiger partial charge in [0.05, 0.1) is 22.2 Å². The zero-order chi connectivity index (χ0) is 26.1. The molecule has 10 heteroatoms. The fourth-order valence-corrected chi connectivity index (χ4v) is 4.86. The van der Waals surface area contributed by atoms with Crippen molar-refractivity contribution in [1.82, 2.24) is 9.80 Å². The third-order valence-electron chi connectivity index (χ3n) is 6.20. The van der Waals surface area contributed by atoms with Crippen molar-refractivity contribution >= 4 is 35.0 Å². The average molecular weight is 533 g/mol. The quantitative estimate of drug-likeness (QED) is 0.617. The second-order valence-corrected chi connectivity index (χ2v) is 10.2. The number of hydrogen-bond acceptors (Lipinski definition) is 6. The van der Waals surface area contributed by atoms with Gasteiger partial charge in [0.15, 0.2) is 0 Å². The topological polar surface area (TPSA) is 99.5 Å². The number of rotatable bonds is 4. The molecule has 0 bridgehead atoms. The molecule has 0 aliphatic carbocycles. The highest BCUT2D eigenvalue weighted by Gasteiger charge is 2.33. The molecule has 35 heavy (non-hydrogen) atoms. The van der Waals surface area contributed by atoms with Crippen molar-refractivity contribution in [2.75, 3.05) is 40.0 Å². The van der Waals surface area contributed by atoms with E-state index in [-0.39, 0.29) is 59.1 Å². The molecule has 8 nitrogen and oxygen atoms in total. The van der Waals surface area contributed by atoms with Crippen LogP contribution in [0.2, 0.25) is 10.0 Å². The second kappa shape index (κ2) is 14.4. The van der Waals surface area contributed by atoms with E-state index in [0.29, 0.717) is 32.4 Å². The highest BCUT2D eigenvalue weighted by molar-refractivity contribution is 6.39. The fourth-order valence-electron chi connectivity index (χ4n) is 4.30. The molecule has 198 valence electrons. The summed E-state index contributed by atoms with van der Waals surface area (Å²) < 4.78 is 11.0. The number of halogens is 2. The lowest BCUT2D eigenvalue weighted by atomic mass is 9.99. The number of benzene rings is 1. The summed E-state index contributed by atoms with van der Waals surface area (Å²) in [6, 6.07) is 4.62. The number of methoxy groups -OCH3 is 1. The van der Waals surface area contributed by atoms with Gasteiger partial charge in [0.25, 0.3) is 5.91 Å². The number of carbonyl (C=O) groups excluding carboxylic acids is 2. The van der Waals surface area contributed by atoms with Gasteiger partial charge in [-0.1, -0.05) is 43.1 Å². The molecule has 0 spiro atoms. The Morgan fingerprint density at radius 2 is 1.83 bits per heavy atom. The molecule has 1 aromatic rings.